The highest BCUT2D eigenvalue weighted by Gasteiger charge is 2.16. The Labute approximate surface area is 113 Å². The third kappa shape index (κ3) is 4.52. The molecule has 0 bridgehead atoms. The van der Waals surface area contributed by atoms with E-state index in [4.69, 9.17) is 4.74 Å². The molecule has 0 aliphatic heterocycles. The lowest BCUT2D eigenvalue weighted by molar-refractivity contribution is -0.145. The van der Waals surface area contributed by atoms with Gasteiger partial charge in [0.1, 0.15) is 11.6 Å². The third-order valence-corrected chi connectivity index (χ3v) is 2.89. The van der Waals surface area contributed by atoms with Crippen LogP contribution in [-0.4, -0.2) is 38.7 Å². The monoisotopic (exact) mass is 269 g/mol. The number of hydrogen-bond acceptors (Lipinski definition) is 4. The fourth-order valence-electron chi connectivity index (χ4n) is 1.88. The molecule has 5 heteroatoms. The molecule has 0 saturated carbocycles. The molecular weight excluding hydrogens is 249 g/mol. The van der Waals surface area contributed by atoms with Gasteiger partial charge in [-0.3, -0.25) is 4.79 Å². The molecule has 1 rings (SSSR count). The first-order valence-electron chi connectivity index (χ1n) is 6.06. The van der Waals surface area contributed by atoms with Gasteiger partial charge in [0.15, 0.2) is 0 Å². The Hall–Kier alpha value is -1.62. The number of benzene rings is 1. The van der Waals surface area contributed by atoms with Crippen LogP contribution in [0, 0.1) is 11.7 Å². The van der Waals surface area contributed by atoms with E-state index in [0.29, 0.717) is 24.4 Å². The van der Waals surface area contributed by atoms with E-state index in [0.717, 1.165) is 0 Å². The van der Waals surface area contributed by atoms with Gasteiger partial charge in [0.05, 0.1) is 20.1 Å². The van der Waals surface area contributed by atoms with E-state index in [1.807, 2.05) is 11.9 Å². The summed E-state index contributed by atoms with van der Waals surface area (Å²) in [5.74, 6) is -0.317. The van der Waals surface area contributed by atoms with Crippen molar-refractivity contribution < 1.29 is 18.7 Å². The summed E-state index contributed by atoms with van der Waals surface area (Å²) in [7, 11) is 4.70. The van der Waals surface area contributed by atoms with E-state index in [9.17, 15) is 9.18 Å². The van der Waals surface area contributed by atoms with Crippen molar-refractivity contribution in [3.63, 3.8) is 0 Å². The Kier molecular flexibility index (Phi) is 5.76. The van der Waals surface area contributed by atoms with Crippen LogP contribution in [0.25, 0.3) is 0 Å². The molecule has 0 aliphatic rings. The number of hydrogen-bond donors (Lipinski definition) is 0. The van der Waals surface area contributed by atoms with Crippen molar-refractivity contribution in [2.24, 2.45) is 5.92 Å². The van der Waals surface area contributed by atoms with E-state index in [-0.39, 0.29) is 17.7 Å². The van der Waals surface area contributed by atoms with Crippen molar-refractivity contribution in [2.75, 3.05) is 27.8 Å². The minimum absolute atomic E-state index is 0.240. The second-order valence-electron chi connectivity index (χ2n) is 4.58. The highest BCUT2D eigenvalue weighted by molar-refractivity contribution is 5.72. The van der Waals surface area contributed by atoms with Gasteiger partial charge < -0.3 is 14.4 Å². The van der Waals surface area contributed by atoms with Crippen LogP contribution in [-0.2, 0) is 16.1 Å². The van der Waals surface area contributed by atoms with Crippen molar-refractivity contribution in [1.82, 2.24) is 4.90 Å². The van der Waals surface area contributed by atoms with Crippen molar-refractivity contribution in [3.8, 4) is 5.75 Å². The molecule has 0 heterocycles. The van der Waals surface area contributed by atoms with Gasteiger partial charge in [-0.15, -0.1) is 0 Å². The second-order valence-corrected chi connectivity index (χ2v) is 4.58. The van der Waals surface area contributed by atoms with Gasteiger partial charge in [-0.1, -0.05) is 13.0 Å². The number of carbonyl (C=O) groups is 1. The SMILES string of the molecule is COC(=O)C(C)CN(C)Cc1ccc(OC)cc1F. The summed E-state index contributed by atoms with van der Waals surface area (Å²) in [5.41, 5.74) is 0.570. The maximum atomic E-state index is 13.8. The molecule has 1 unspecified atom stereocenters. The van der Waals surface area contributed by atoms with E-state index >= 15 is 0 Å². The van der Waals surface area contributed by atoms with Crippen LogP contribution in [0.5, 0.6) is 5.75 Å². The lowest BCUT2D eigenvalue weighted by atomic mass is 10.1. The van der Waals surface area contributed by atoms with Crippen molar-refractivity contribution in [2.45, 2.75) is 13.5 Å². The first-order valence-corrected chi connectivity index (χ1v) is 6.06. The summed E-state index contributed by atoms with van der Waals surface area (Å²) >= 11 is 0. The van der Waals surface area contributed by atoms with Crippen LogP contribution in [0.4, 0.5) is 4.39 Å². The highest BCUT2D eigenvalue weighted by Crippen LogP contribution is 2.17. The van der Waals surface area contributed by atoms with Crippen LogP contribution < -0.4 is 4.74 Å². The minimum atomic E-state index is -0.308. The van der Waals surface area contributed by atoms with Crippen LogP contribution in [0.15, 0.2) is 18.2 Å². The normalized spacial score (nSPS) is 12.3. The molecule has 1 aromatic rings. The first kappa shape index (κ1) is 15.4. The average molecular weight is 269 g/mol. The maximum Gasteiger partial charge on any atom is 0.309 e. The summed E-state index contributed by atoms with van der Waals surface area (Å²) in [5, 5.41) is 0. The van der Waals surface area contributed by atoms with Crippen molar-refractivity contribution in [1.29, 1.82) is 0 Å². The van der Waals surface area contributed by atoms with Gasteiger partial charge in [-0.2, -0.15) is 0 Å². The fourth-order valence-corrected chi connectivity index (χ4v) is 1.88. The lowest BCUT2D eigenvalue weighted by Crippen LogP contribution is -2.29. The Morgan fingerprint density at radius 1 is 1.42 bits per heavy atom. The molecule has 0 spiro atoms. The first-order chi connectivity index (χ1) is 8.97. The van der Waals surface area contributed by atoms with E-state index in [2.05, 4.69) is 4.74 Å². The van der Waals surface area contributed by atoms with Crippen LogP contribution >= 0.6 is 0 Å². The third-order valence-electron chi connectivity index (χ3n) is 2.89. The maximum absolute atomic E-state index is 13.8. The van der Waals surface area contributed by atoms with Gasteiger partial charge in [0.25, 0.3) is 0 Å². The zero-order chi connectivity index (χ0) is 14.4. The van der Waals surface area contributed by atoms with Crippen molar-refractivity contribution >= 4 is 5.97 Å². The molecule has 0 radical (unpaired) electrons. The smallest absolute Gasteiger partial charge is 0.309 e. The molecule has 0 fully saturated rings. The molecule has 1 atom stereocenters. The average Bonchev–Trinajstić information content (AvgIpc) is 2.39. The molecular formula is C14H20FNO3. The molecule has 0 aliphatic carbocycles. The summed E-state index contributed by atoms with van der Waals surface area (Å²) in [6.45, 7) is 2.72. The Bertz CT molecular complexity index is 437. The van der Waals surface area contributed by atoms with Crippen LogP contribution in [0.1, 0.15) is 12.5 Å². The lowest BCUT2D eigenvalue weighted by Gasteiger charge is -2.20. The number of halogens is 1. The molecule has 0 amide bonds. The predicted molar refractivity (Wildman–Crippen MR) is 70.5 cm³/mol. The summed E-state index contributed by atoms with van der Waals surface area (Å²) in [6.07, 6.45) is 0. The molecule has 106 valence electrons. The molecule has 0 aromatic heterocycles. The van der Waals surface area contributed by atoms with Gasteiger partial charge in [0.2, 0.25) is 0 Å². The quantitative estimate of drug-likeness (QED) is 0.741. The molecule has 1 aromatic carbocycles. The van der Waals surface area contributed by atoms with Gasteiger partial charge in [0, 0.05) is 24.7 Å². The van der Waals surface area contributed by atoms with E-state index in [1.165, 1.54) is 20.3 Å². The zero-order valence-corrected chi connectivity index (χ0v) is 11.8. The number of methoxy groups -OCH3 is 2. The predicted octanol–water partition coefficient (Wildman–Crippen LogP) is 2.08. The van der Waals surface area contributed by atoms with Crippen LogP contribution in [0.3, 0.4) is 0 Å². The standard InChI is InChI=1S/C14H20FNO3/c1-10(14(17)19-4)8-16(2)9-11-5-6-12(18-3)7-13(11)15/h5-7,10H,8-9H2,1-4H3. The Morgan fingerprint density at radius 3 is 2.63 bits per heavy atom. The second kappa shape index (κ2) is 7.09. The van der Waals surface area contributed by atoms with E-state index < -0.39 is 0 Å². The van der Waals surface area contributed by atoms with E-state index in [1.54, 1.807) is 19.1 Å². The summed E-state index contributed by atoms with van der Waals surface area (Å²) < 4.78 is 23.4. The minimum Gasteiger partial charge on any atom is -0.497 e. The fraction of sp³-hybridized carbons (Fsp3) is 0.500. The number of nitrogens with zero attached hydrogens (tertiary/aromatic N) is 1. The highest BCUT2D eigenvalue weighted by atomic mass is 19.1. The summed E-state index contributed by atoms with van der Waals surface area (Å²) in [4.78, 5) is 13.2. The Balaban J connectivity index is 2.61. The molecule has 0 saturated heterocycles. The topological polar surface area (TPSA) is 38.8 Å². The summed E-state index contributed by atoms with van der Waals surface area (Å²) in [6, 6.07) is 4.76. The molecule has 0 N–H and O–H groups in total. The van der Waals surface area contributed by atoms with Gasteiger partial charge in [-0.25, -0.2) is 4.39 Å². The number of rotatable bonds is 6. The largest absolute Gasteiger partial charge is 0.497 e. The van der Waals surface area contributed by atoms with Gasteiger partial charge in [-0.05, 0) is 13.1 Å². The number of esters is 1. The zero-order valence-electron chi connectivity index (χ0n) is 11.8. The number of ether oxygens (including phenoxy) is 2. The van der Waals surface area contributed by atoms with Crippen molar-refractivity contribution in [3.05, 3.63) is 29.6 Å². The molecule has 19 heavy (non-hydrogen) atoms. The van der Waals surface area contributed by atoms with Gasteiger partial charge >= 0.3 is 5.97 Å². The molecule has 4 nitrogen and oxygen atoms in total. The number of carbonyl (C=O) groups excluding carboxylic acids is 1. The Morgan fingerprint density at radius 2 is 2.11 bits per heavy atom. The van der Waals surface area contributed by atoms with Crippen LogP contribution in [0.2, 0.25) is 0 Å².